The highest BCUT2D eigenvalue weighted by Gasteiger charge is 2.04. The van der Waals surface area contributed by atoms with Crippen LogP contribution in [0.25, 0.3) is 0 Å². The van der Waals surface area contributed by atoms with Gasteiger partial charge in [-0.05, 0) is 36.6 Å². The van der Waals surface area contributed by atoms with E-state index in [1.54, 1.807) is 14.2 Å². The van der Waals surface area contributed by atoms with Crippen LogP contribution in [0.2, 0.25) is 0 Å². The van der Waals surface area contributed by atoms with E-state index in [9.17, 15) is 0 Å². The van der Waals surface area contributed by atoms with Gasteiger partial charge in [-0.15, -0.1) is 0 Å². The van der Waals surface area contributed by atoms with Crippen LogP contribution < -0.4 is 9.47 Å². The lowest BCUT2D eigenvalue weighted by molar-refractivity contribution is 0.398. The van der Waals surface area contributed by atoms with Crippen LogP contribution in [0.5, 0.6) is 11.5 Å². The van der Waals surface area contributed by atoms with Gasteiger partial charge in [-0.25, -0.2) is 0 Å². The Bertz CT molecular complexity index is 442. The molecule has 0 radical (unpaired) electrons. The van der Waals surface area contributed by atoms with E-state index >= 15 is 0 Å². The van der Waals surface area contributed by atoms with E-state index in [1.165, 1.54) is 95.5 Å². The fraction of sp³-hybridized carbons (Fsp3) is 0.750. The van der Waals surface area contributed by atoms with Gasteiger partial charge >= 0.3 is 0 Å². The largest absolute Gasteiger partial charge is 0.497 e. The van der Waals surface area contributed by atoms with Crippen LogP contribution in [0.3, 0.4) is 0 Å². The second kappa shape index (κ2) is 16.0. The Hall–Kier alpha value is -1.18. The van der Waals surface area contributed by atoms with E-state index in [0.29, 0.717) is 0 Å². The molecule has 0 saturated carbocycles. The predicted molar refractivity (Wildman–Crippen MR) is 114 cm³/mol. The molecule has 0 fully saturated rings. The minimum absolute atomic E-state index is 0.922. The Balaban J connectivity index is 1.95. The Kier molecular flexibility index (Phi) is 14.1. The molecule has 0 saturated heterocycles. The molecule has 0 N–H and O–H groups in total. The fourth-order valence-corrected chi connectivity index (χ4v) is 3.59. The average molecular weight is 363 g/mol. The van der Waals surface area contributed by atoms with Crippen molar-refractivity contribution in [3.63, 3.8) is 0 Å². The summed E-state index contributed by atoms with van der Waals surface area (Å²) in [6.07, 6.45) is 20.7. The molecule has 0 amide bonds. The maximum atomic E-state index is 5.46. The summed E-state index contributed by atoms with van der Waals surface area (Å²) < 4.78 is 10.8. The number of rotatable bonds is 17. The van der Waals surface area contributed by atoms with Crippen LogP contribution in [0.1, 0.15) is 102 Å². The van der Waals surface area contributed by atoms with Crippen LogP contribution in [0.15, 0.2) is 18.2 Å². The molecule has 26 heavy (non-hydrogen) atoms. The molecule has 1 aromatic carbocycles. The predicted octanol–water partition coefficient (Wildman–Crippen LogP) is 7.73. The average Bonchev–Trinajstić information content (AvgIpc) is 2.68. The Morgan fingerprint density at radius 1 is 0.615 bits per heavy atom. The first-order valence-corrected chi connectivity index (χ1v) is 11.0. The molecule has 1 aromatic rings. The molecule has 2 heteroatoms. The zero-order valence-electron chi connectivity index (χ0n) is 17.7. The highest BCUT2D eigenvalue weighted by Crippen LogP contribution is 2.25. The smallest absolute Gasteiger partial charge is 0.122 e. The minimum atomic E-state index is 0.922. The number of hydrogen-bond donors (Lipinski definition) is 0. The van der Waals surface area contributed by atoms with E-state index in [1.807, 2.05) is 12.1 Å². The Morgan fingerprint density at radius 2 is 1.12 bits per heavy atom. The van der Waals surface area contributed by atoms with Crippen LogP contribution in [0.4, 0.5) is 0 Å². The third-order valence-electron chi connectivity index (χ3n) is 5.29. The summed E-state index contributed by atoms with van der Waals surface area (Å²) in [5.74, 6) is 1.91. The first-order valence-electron chi connectivity index (χ1n) is 11.0. The first kappa shape index (κ1) is 22.9. The number of hydrogen-bond acceptors (Lipinski definition) is 2. The monoisotopic (exact) mass is 362 g/mol. The minimum Gasteiger partial charge on any atom is -0.497 e. The van der Waals surface area contributed by atoms with E-state index in [0.717, 1.165) is 17.9 Å². The van der Waals surface area contributed by atoms with Crippen molar-refractivity contribution in [1.29, 1.82) is 0 Å². The van der Waals surface area contributed by atoms with E-state index in [-0.39, 0.29) is 0 Å². The second-order valence-electron chi connectivity index (χ2n) is 7.52. The lowest BCUT2D eigenvalue weighted by Gasteiger charge is -2.10. The molecule has 0 atom stereocenters. The highest BCUT2D eigenvalue weighted by molar-refractivity contribution is 5.40. The molecule has 2 nitrogen and oxygen atoms in total. The topological polar surface area (TPSA) is 18.5 Å². The molecular formula is C24H42O2. The number of aryl methyl sites for hydroxylation is 1. The maximum Gasteiger partial charge on any atom is 0.122 e. The van der Waals surface area contributed by atoms with Crippen molar-refractivity contribution < 1.29 is 9.47 Å². The number of methoxy groups -OCH3 is 2. The van der Waals surface area contributed by atoms with Gasteiger partial charge in [0.25, 0.3) is 0 Å². The van der Waals surface area contributed by atoms with Crippen molar-refractivity contribution in [2.75, 3.05) is 14.2 Å². The van der Waals surface area contributed by atoms with E-state index < -0.39 is 0 Å². The van der Waals surface area contributed by atoms with Gasteiger partial charge in [0.1, 0.15) is 11.5 Å². The van der Waals surface area contributed by atoms with Crippen LogP contribution in [-0.4, -0.2) is 14.2 Å². The zero-order valence-corrected chi connectivity index (χ0v) is 17.7. The molecule has 0 heterocycles. The SMILES string of the molecule is CCCCCCCCCCCCCCCCc1cc(OC)ccc1OC. The van der Waals surface area contributed by atoms with Crippen molar-refractivity contribution in [2.24, 2.45) is 0 Å². The Morgan fingerprint density at radius 3 is 1.58 bits per heavy atom. The third-order valence-corrected chi connectivity index (χ3v) is 5.29. The summed E-state index contributed by atoms with van der Waals surface area (Å²) in [7, 11) is 3.47. The lowest BCUT2D eigenvalue weighted by atomic mass is 10.0. The molecule has 0 aromatic heterocycles. The Labute approximate surface area is 162 Å². The molecule has 0 unspecified atom stereocenters. The summed E-state index contributed by atoms with van der Waals surface area (Å²) in [6, 6.07) is 6.09. The fourth-order valence-electron chi connectivity index (χ4n) is 3.59. The summed E-state index contributed by atoms with van der Waals surface area (Å²) in [4.78, 5) is 0. The van der Waals surface area contributed by atoms with Gasteiger partial charge in [-0.3, -0.25) is 0 Å². The number of benzene rings is 1. The van der Waals surface area contributed by atoms with E-state index in [2.05, 4.69) is 13.0 Å². The van der Waals surface area contributed by atoms with Crippen LogP contribution in [-0.2, 0) is 6.42 Å². The number of unbranched alkanes of at least 4 members (excludes halogenated alkanes) is 13. The second-order valence-corrected chi connectivity index (χ2v) is 7.52. The van der Waals surface area contributed by atoms with Crippen molar-refractivity contribution in [2.45, 2.75) is 103 Å². The van der Waals surface area contributed by atoms with Crippen molar-refractivity contribution in [3.05, 3.63) is 23.8 Å². The first-order chi connectivity index (χ1) is 12.8. The maximum absolute atomic E-state index is 5.46. The van der Waals surface area contributed by atoms with Crippen molar-refractivity contribution in [1.82, 2.24) is 0 Å². The van der Waals surface area contributed by atoms with E-state index in [4.69, 9.17) is 9.47 Å². The molecular weight excluding hydrogens is 320 g/mol. The summed E-state index contributed by atoms with van der Waals surface area (Å²) >= 11 is 0. The molecule has 0 bridgehead atoms. The molecule has 0 aliphatic heterocycles. The van der Waals surface area contributed by atoms with Gasteiger partial charge in [0.15, 0.2) is 0 Å². The normalized spacial score (nSPS) is 10.9. The standard InChI is InChI=1S/C24H42O2/c1-4-5-6-7-8-9-10-11-12-13-14-15-16-17-18-22-21-23(25-2)19-20-24(22)26-3/h19-21H,4-18H2,1-3H3. The molecule has 150 valence electrons. The van der Waals surface area contributed by atoms with Crippen LogP contribution in [0, 0.1) is 0 Å². The van der Waals surface area contributed by atoms with Gasteiger partial charge in [-0.2, -0.15) is 0 Å². The van der Waals surface area contributed by atoms with Crippen LogP contribution >= 0.6 is 0 Å². The quantitative estimate of drug-likeness (QED) is 0.264. The molecule has 0 aliphatic carbocycles. The van der Waals surface area contributed by atoms with Gasteiger partial charge in [0, 0.05) is 0 Å². The van der Waals surface area contributed by atoms with Gasteiger partial charge in [0.05, 0.1) is 14.2 Å². The lowest BCUT2D eigenvalue weighted by Crippen LogP contribution is -1.94. The summed E-state index contributed by atoms with van der Waals surface area (Å²) in [5, 5.41) is 0. The molecule has 0 aliphatic rings. The molecule has 0 spiro atoms. The third kappa shape index (κ3) is 10.7. The van der Waals surface area contributed by atoms with Gasteiger partial charge < -0.3 is 9.47 Å². The van der Waals surface area contributed by atoms with Crippen molar-refractivity contribution in [3.8, 4) is 11.5 Å². The summed E-state index contributed by atoms with van der Waals surface area (Å²) in [5.41, 5.74) is 1.27. The zero-order chi connectivity index (χ0) is 18.9. The van der Waals surface area contributed by atoms with Gasteiger partial charge in [0.2, 0.25) is 0 Å². The molecule has 1 rings (SSSR count). The number of ether oxygens (including phenoxy) is 2. The summed E-state index contributed by atoms with van der Waals surface area (Å²) in [6.45, 7) is 2.29. The van der Waals surface area contributed by atoms with Gasteiger partial charge in [-0.1, -0.05) is 90.4 Å². The highest BCUT2D eigenvalue weighted by atomic mass is 16.5. The van der Waals surface area contributed by atoms with Crippen molar-refractivity contribution >= 4 is 0 Å².